The summed E-state index contributed by atoms with van der Waals surface area (Å²) < 4.78 is 0. The van der Waals surface area contributed by atoms with Crippen LogP contribution in [-0.2, 0) is 6.54 Å². The van der Waals surface area contributed by atoms with Crippen LogP contribution in [0.15, 0.2) is 61.1 Å². The predicted molar refractivity (Wildman–Crippen MR) is 97.8 cm³/mol. The minimum absolute atomic E-state index is 0.370. The number of pyridine rings is 1. The zero-order valence-electron chi connectivity index (χ0n) is 13.4. The number of benzene rings is 1. The molecule has 0 bridgehead atoms. The fourth-order valence-corrected chi connectivity index (χ4v) is 4.08. The first kappa shape index (κ1) is 15.4. The van der Waals surface area contributed by atoms with Crippen molar-refractivity contribution < 1.29 is 0 Å². The van der Waals surface area contributed by atoms with Crippen LogP contribution in [0.3, 0.4) is 0 Å². The lowest BCUT2D eigenvalue weighted by Crippen LogP contribution is -2.45. The summed E-state index contributed by atoms with van der Waals surface area (Å²) in [7, 11) is 0. The van der Waals surface area contributed by atoms with E-state index in [1.807, 2.05) is 30.7 Å². The second-order valence-corrected chi connectivity index (χ2v) is 7.09. The highest BCUT2D eigenvalue weighted by atomic mass is 32.1. The Morgan fingerprint density at radius 1 is 1.12 bits per heavy atom. The molecule has 1 aliphatic rings. The molecule has 1 aromatic carbocycles. The van der Waals surface area contributed by atoms with E-state index in [2.05, 4.69) is 50.5 Å². The van der Waals surface area contributed by atoms with E-state index in [0.29, 0.717) is 6.04 Å². The smallest absolute Gasteiger partial charge is 0.123 e. The average Bonchev–Trinajstić information content (AvgIpc) is 3.12. The lowest BCUT2D eigenvalue weighted by atomic mass is 10.1. The van der Waals surface area contributed by atoms with Gasteiger partial charge in [0, 0.05) is 61.3 Å². The summed E-state index contributed by atoms with van der Waals surface area (Å²) in [5, 5.41) is 4.59. The van der Waals surface area contributed by atoms with E-state index >= 15 is 0 Å². The van der Waals surface area contributed by atoms with Crippen molar-refractivity contribution in [3.05, 3.63) is 71.5 Å². The molecule has 0 aliphatic carbocycles. The van der Waals surface area contributed by atoms with Crippen molar-refractivity contribution in [2.45, 2.75) is 12.6 Å². The molecule has 122 valence electrons. The van der Waals surface area contributed by atoms with Crippen molar-refractivity contribution in [3.63, 3.8) is 0 Å². The molecule has 0 amide bonds. The Kier molecular flexibility index (Phi) is 4.64. The van der Waals surface area contributed by atoms with Crippen LogP contribution < -0.4 is 5.32 Å². The highest BCUT2D eigenvalue weighted by molar-refractivity contribution is 7.15. The third kappa shape index (κ3) is 3.38. The summed E-state index contributed by atoms with van der Waals surface area (Å²) >= 11 is 1.79. The summed E-state index contributed by atoms with van der Waals surface area (Å²) in [6, 6.07) is 14.9. The molecule has 1 saturated heterocycles. The van der Waals surface area contributed by atoms with E-state index in [0.717, 1.165) is 31.2 Å². The highest BCUT2D eigenvalue weighted by Crippen LogP contribution is 2.29. The molecule has 1 aliphatic heterocycles. The van der Waals surface area contributed by atoms with E-state index in [-0.39, 0.29) is 0 Å². The molecular weight excluding hydrogens is 316 g/mol. The molecular formula is C19H20N4S. The molecule has 1 fully saturated rings. The standard InChI is InChI=1S/C19H20N4S/c1-2-5-15(6-3-1)19-22-12-17(24-19)14-23-10-9-21-13-18(23)16-7-4-8-20-11-16/h1-8,11-12,18,21H,9-10,13-14H2. The number of hydrogen-bond donors (Lipinski definition) is 1. The largest absolute Gasteiger partial charge is 0.314 e. The second kappa shape index (κ2) is 7.21. The van der Waals surface area contributed by atoms with Crippen LogP contribution in [0.25, 0.3) is 10.6 Å². The predicted octanol–water partition coefficient (Wildman–Crippen LogP) is 3.35. The molecule has 4 rings (SSSR count). The zero-order valence-corrected chi connectivity index (χ0v) is 14.2. The Morgan fingerprint density at radius 3 is 2.88 bits per heavy atom. The van der Waals surface area contributed by atoms with Crippen molar-refractivity contribution in [1.82, 2.24) is 20.2 Å². The van der Waals surface area contributed by atoms with E-state index < -0.39 is 0 Å². The van der Waals surface area contributed by atoms with Crippen LogP contribution in [0.2, 0.25) is 0 Å². The van der Waals surface area contributed by atoms with Crippen molar-refractivity contribution in [2.24, 2.45) is 0 Å². The molecule has 0 saturated carbocycles. The highest BCUT2D eigenvalue weighted by Gasteiger charge is 2.24. The summed E-state index contributed by atoms with van der Waals surface area (Å²) in [6.07, 6.45) is 5.83. The van der Waals surface area contributed by atoms with Crippen LogP contribution in [0.5, 0.6) is 0 Å². The lowest BCUT2D eigenvalue weighted by molar-refractivity contribution is 0.155. The summed E-state index contributed by atoms with van der Waals surface area (Å²) in [4.78, 5) is 12.7. The number of hydrogen-bond acceptors (Lipinski definition) is 5. The first-order chi connectivity index (χ1) is 11.9. The zero-order chi connectivity index (χ0) is 16.2. The fourth-order valence-electron chi connectivity index (χ4n) is 3.13. The second-order valence-electron chi connectivity index (χ2n) is 5.97. The maximum absolute atomic E-state index is 4.61. The molecule has 3 heterocycles. The monoisotopic (exact) mass is 336 g/mol. The van der Waals surface area contributed by atoms with Gasteiger partial charge in [-0.2, -0.15) is 0 Å². The first-order valence-electron chi connectivity index (χ1n) is 8.25. The van der Waals surface area contributed by atoms with Gasteiger partial charge in [-0.15, -0.1) is 11.3 Å². The molecule has 1 unspecified atom stereocenters. The van der Waals surface area contributed by atoms with Gasteiger partial charge in [0.25, 0.3) is 0 Å². The van der Waals surface area contributed by atoms with Crippen molar-refractivity contribution in [2.75, 3.05) is 19.6 Å². The van der Waals surface area contributed by atoms with Crippen LogP contribution in [0.1, 0.15) is 16.5 Å². The number of nitrogens with zero attached hydrogens (tertiary/aromatic N) is 3. The number of piperazine rings is 1. The van der Waals surface area contributed by atoms with Gasteiger partial charge in [0.2, 0.25) is 0 Å². The summed E-state index contributed by atoms with van der Waals surface area (Å²) in [5.74, 6) is 0. The molecule has 0 radical (unpaired) electrons. The first-order valence-corrected chi connectivity index (χ1v) is 9.06. The fraction of sp³-hybridized carbons (Fsp3) is 0.263. The van der Waals surface area contributed by atoms with Crippen molar-refractivity contribution >= 4 is 11.3 Å². The Labute approximate surface area is 146 Å². The third-order valence-electron chi connectivity index (χ3n) is 4.36. The third-order valence-corrected chi connectivity index (χ3v) is 5.39. The Bertz CT molecular complexity index is 772. The van der Waals surface area contributed by atoms with Gasteiger partial charge in [-0.05, 0) is 11.6 Å². The Balaban J connectivity index is 1.52. The molecule has 1 N–H and O–H groups in total. The quantitative estimate of drug-likeness (QED) is 0.793. The normalized spacial score (nSPS) is 18.6. The Hall–Kier alpha value is -2.08. The van der Waals surface area contributed by atoms with Crippen LogP contribution in [-0.4, -0.2) is 34.5 Å². The van der Waals surface area contributed by atoms with Crippen LogP contribution in [0.4, 0.5) is 0 Å². The maximum atomic E-state index is 4.61. The van der Waals surface area contributed by atoms with Gasteiger partial charge in [-0.1, -0.05) is 36.4 Å². The molecule has 3 aromatic rings. The van der Waals surface area contributed by atoms with Gasteiger partial charge >= 0.3 is 0 Å². The molecule has 24 heavy (non-hydrogen) atoms. The van der Waals surface area contributed by atoms with Gasteiger partial charge in [0.15, 0.2) is 0 Å². The Morgan fingerprint density at radius 2 is 2.04 bits per heavy atom. The van der Waals surface area contributed by atoms with E-state index in [1.54, 1.807) is 11.3 Å². The maximum Gasteiger partial charge on any atom is 0.123 e. The van der Waals surface area contributed by atoms with Gasteiger partial charge < -0.3 is 5.32 Å². The SMILES string of the molecule is c1ccc(-c2ncc(CN3CCNCC3c3cccnc3)s2)cc1. The van der Waals surface area contributed by atoms with Gasteiger partial charge in [0.1, 0.15) is 5.01 Å². The van der Waals surface area contributed by atoms with Gasteiger partial charge in [-0.25, -0.2) is 4.98 Å². The van der Waals surface area contributed by atoms with Crippen molar-refractivity contribution in [1.29, 1.82) is 0 Å². The molecule has 2 aromatic heterocycles. The van der Waals surface area contributed by atoms with E-state index in [1.165, 1.54) is 16.0 Å². The summed E-state index contributed by atoms with van der Waals surface area (Å²) in [5.41, 5.74) is 2.47. The summed E-state index contributed by atoms with van der Waals surface area (Å²) in [6.45, 7) is 3.97. The van der Waals surface area contributed by atoms with E-state index in [4.69, 9.17) is 0 Å². The number of aromatic nitrogens is 2. The molecule has 4 nitrogen and oxygen atoms in total. The number of rotatable bonds is 4. The minimum atomic E-state index is 0.370. The van der Waals surface area contributed by atoms with Crippen LogP contribution in [0, 0.1) is 0 Å². The van der Waals surface area contributed by atoms with E-state index in [9.17, 15) is 0 Å². The number of thiazole rings is 1. The average molecular weight is 336 g/mol. The van der Waals surface area contributed by atoms with Gasteiger partial charge in [0.05, 0.1) is 0 Å². The minimum Gasteiger partial charge on any atom is -0.314 e. The topological polar surface area (TPSA) is 41.1 Å². The van der Waals surface area contributed by atoms with Crippen LogP contribution >= 0.6 is 11.3 Å². The van der Waals surface area contributed by atoms with Crippen molar-refractivity contribution in [3.8, 4) is 10.6 Å². The number of nitrogens with one attached hydrogen (secondary N) is 1. The molecule has 0 spiro atoms. The molecule has 5 heteroatoms. The lowest BCUT2D eigenvalue weighted by Gasteiger charge is -2.35. The molecule has 1 atom stereocenters. The van der Waals surface area contributed by atoms with Gasteiger partial charge in [-0.3, -0.25) is 9.88 Å².